The van der Waals surface area contributed by atoms with Crippen LogP contribution in [0.2, 0.25) is 0 Å². The molecule has 4 aromatic rings. The highest BCUT2D eigenvalue weighted by molar-refractivity contribution is 6.02. The fourth-order valence-corrected chi connectivity index (χ4v) is 4.82. The number of fused-ring (bicyclic) bond motifs is 2. The summed E-state index contributed by atoms with van der Waals surface area (Å²) in [6.07, 6.45) is 2.65. The van der Waals surface area contributed by atoms with Crippen molar-refractivity contribution in [2.24, 2.45) is 0 Å². The van der Waals surface area contributed by atoms with E-state index in [4.69, 9.17) is 10.5 Å². The van der Waals surface area contributed by atoms with Crippen molar-refractivity contribution in [3.63, 3.8) is 0 Å². The summed E-state index contributed by atoms with van der Waals surface area (Å²) < 4.78 is 35.4. The van der Waals surface area contributed by atoms with E-state index in [1.165, 1.54) is 22.7 Å². The summed E-state index contributed by atoms with van der Waals surface area (Å²) in [5.74, 6) is -1.31. The van der Waals surface area contributed by atoms with E-state index in [0.29, 0.717) is 22.7 Å². The molecule has 1 unspecified atom stereocenters. The molecule has 0 radical (unpaired) electrons. The molecular formula is C27H26F2N4O2. The largest absolute Gasteiger partial charge is 0.473 e. The van der Waals surface area contributed by atoms with Gasteiger partial charge in [0.2, 0.25) is 5.88 Å². The van der Waals surface area contributed by atoms with Gasteiger partial charge in [-0.15, -0.1) is 0 Å². The van der Waals surface area contributed by atoms with Gasteiger partial charge in [0.1, 0.15) is 18.2 Å². The van der Waals surface area contributed by atoms with Gasteiger partial charge in [-0.25, -0.2) is 8.78 Å². The molecule has 3 N–H and O–H groups in total. The first-order valence-corrected chi connectivity index (χ1v) is 11.6. The topological polar surface area (TPSA) is 81.7 Å². The number of anilines is 1. The van der Waals surface area contributed by atoms with E-state index in [1.54, 1.807) is 13.0 Å². The average molecular weight is 477 g/mol. The maximum Gasteiger partial charge on any atom is 0.255 e. The maximum absolute atomic E-state index is 14.1. The standard InChI is InChI=1S/C27H26F2N4O2/c1-15-12-24-26(27(34)31-23-11-4-6-17-18(23)7-3-10-22(17)30)16(2)32-33(24)25(13-15)35-14-19-20(28)8-5-9-21(19)29/h3,5,7-10,12-13,23H,4,6,11,14,30H2,1-2H3,(H,31,34). The van der Waals surface area contributed by atoms with Gasteiger partial charge in [0.15, 0.2) is 0 Å². The number of aromatic nitrogens is 2. The lowest BCUT2D eigenvalue weighted by atomic mass is 9.86. The Morgan fingerprint density at radius 1 is 1.17 bits per heavy atom. The van der Waals surface area contributed by atoms with E-state index in [1.807, 2.05) is 31.2 Å². The van der Waals surface area contributed by atoms with Crippen LogP contribution in [0.15, 0.2) is 48.5 Å². The zero-order chi connectivity index (χ0) is 24.7. The van der Waals surface area contributed by atoms with E-state index in [2.05, 4.69) is 10.4 Å². The quantitative estimate of drug-likeness (QED) is 0.388. The summed E-state index contributed by atoms with van der Waals surface area (Å²) in [7, 11) is 0. The first kappa shape index (κ1) is 22.8. The number of nitrogen functional groups attached to an aromatic ring is 1. The molecule has 2 aromatic heterocycles. The van der Waals surface area contributed by atoms with Crippen molar-refractivity contribution in [2.45, 2.75) is 45.8 Å². The van der Waals surface area contributed by atoms with E-state index >= 15 is 0 Å². The number of nitrogens with two attached hydrogens (primary N) is 1. The second kappa shape index (κ2) is 9.02. The number of amides is 1. The molecule has 1 atom stereocenters. The predicted molar refractivity (Wildman–Crippen MR) is 129 cm³/mol. The van der Waals surface area contributed by atoms with Crippen molar-refractivity contribution < 1.29 is 18.3 Å². The Bertz CT molecular complexity index is 1430. The number of nitrogens with zero attached hydrogens (tertiary/aromatic N) is 2. The lowest BCUT2D eigenvalue weighted by molar-refractivity contribution is 0.0934. The number of carbonyl (C=O) groups is 1. The van der Waals surface area contributed by atoms with E-state index in [9.17, 15) is 13.6 Å². The highest BCUT2D eigenvalue weighted by atomic mass is 19.1. The number of aryl methyl sites for hydroxylation is 2. The van der Waals surface area contributed by atoms with Crippen LogP contribution in [-0.2, 0) is 13.0 Å². The Labute approximate surface area is 201 Å². The number of carbonyl (C=O) groups excluding carboxylic acids is 1. The molecule has 2 heterocycles. The molecule has 1 aliphatic carbocycles. The van der Waals surface area contributed by atoms with Crippen LogP contribution in [0.5, 0.6) is 5.88 Å². The number of ether oxygens (including phenoxy) is 1. The molecular weight excluding hydrogens is 450 g/mol. The number of nitrogens with one attached hydrogen (secondary N) is 1. The summed E-state index contributed by atoms with van der Waals surface area (Å²) in [5, 5.41) is 7.67. The van der Waals surface area contributed by atoms with E-state index in [0.717, 1.165) is 41.6 Å². The fraction of sp³-hybridized carbons (Fsp3) is 0.259. The molecule has 0 saturated carbocycles. The molecule has 5 rings (SSSR count). The first-order chi connectivity index (χ1) is 16.8. The molecule has 0 spiro atoms. The molecule has 6 nitrogen and oxygen atoms in total. The molecule has 0 saturated heterocycles. The second-order valence-electron chi connectivity index (χ2n) is 8.95. The van der Waals surface area contributed by atoms with Crippen LogP contribution in [-0.4, -0.2) is 15.5 Å². The molecule has 8 heteroatoms. The molecule has 0 fully saturated rings. The monoisotopic (exact) mass is 476 g/mol. The third kappa shape index (κ3) is 4.20. The van der Waals surface area contributed by atoms with Gasteiger partial charge in [-0.3, -0.25) is 4.79 Å². The smallest absolute Gasteiger partial charge is 0.255 e. The lowest BCUT2D eigenvalue weighted by Gasteiger charge is -2.27. The Kier molecular flexibility index (Phi) is 5.88. The SMILES string of the molecule is Cc1cc(OCc2c(F)cccc2F)n2nc(C)c(C(=O)NC3CCCc4c(N)cccc43)c2c1. The van der Waals surface area contributed by atoms with Crippen molar-refractivity contribution in [1.82, 2.24) is 14.9 Å². The van der Waals surface area contributed by atoms with Crippen LogP contribution >= 0.6 is 0 Å². The van der Waals surface area contributed by atoms with Gasteiger partial charge < -0.3 is 15.8 Å². The number of benzene rings is 2. The van der Waals surface area contributed by atoms with Crippen molar-refractivity contribution in [3.05, 3.63) is 93.7 Å². The van der Waals surface area contributed by atoms with Gasteiger partial charge in [0, 0.05) is 11.8 Å². The maximum atomic E-state index is 14.1. The Hall–Kier alpha value is -3.94. The highest BCUT2D eigenvalue weighted by Gasteiger charge is 2.26. The lowest BCUT2D eigenvalue weighted by Crippen LogP contribution is -2.31. The first-order valence-electron chi connectivity index (χ1n) is 11.6. The highest BCUT2D eigenvalue weighted by Crippen LogP contribution is 2.34. The average Bonchev–Trinajstić information content (AvgIpc) is 3.15. The molecule has 2 aromatic carbocycles. The Morgan fingerprint density at radius 2 is 1.91 bits per heavy atom. The Balaban J connectivity index is 1.46. The fourth-order valence-electron chi connectivity index (χ4n) is 4.82. The normalized spacial score (nSPS) is 15.1. The van der Waals surface area contributed by atoms with Crippen molar-refractivity contribution in [3.8, 4) is 5.88 Å². The van der Waals surface area contributed by atoms with Gasteiger partial charge in [-0.2, -0.15) is 9.61 Å². The number of hydrogen-bond acceptors (Lipinski definition) is 4. The number of pyridine rings is 1. The zero-order valence-electron chi connectivity index (χ0n) is 19.6. The number of halogens is 2. The molecule has 1 aliphatic rings. The van der Waals surface area contributed by atoms with E-state index < -0.39 is 11.6 Å². The summed E-state index contributed by atoms with van der Waals surface area (Å²) in [6.45, 7) is 3.31. The predicted octanol–water partition coefficient (Wildman–Crippen LogP) is 5.20. The molecule has 35 heavy (non-hydrogen) atoms. The van der Waals surface area contributed by atoms with Gasteiger partial charge in [0.05, 0.1) is 28.4 Å². The minimum absolute atomic E-state index is 0.145. The molecule has 180 valence electrons. The molecule has 1 amide bonds. The van der Waals surface area contributed by atoms with Crippen LogP contribution in [0.4, 0.5) is 14.5 Å². The van der Waals surface area contributed by atoms with Crippen LogP contribution in [0.3, 0.4) is 0 Å². The summed E-state index contributed by atoms with van der Waals surface area (Å²) >= 11 is 0. The molecule has 0 bridgehead atoms. The Morgan fingerprint density at radius 3 is 2.69 bits per heavy atom. The van der Waals surface area contributed by atoms with Gasteiger partial charge in [-0.1, -0.05) is 18.2 Å². The summed E-state index contributed by atoms with van der Waals surface area (Å²) in [5.41, 5.74) is 11.2. The van der Waals surface area contributed by atoms with Crippen LogP contribution in [0.1, 0.15) is 57.2 Å². The molecule has 0 aliphatic heterocycles. The summed E-state index contributed by atoms with van der Waals surface area (Å²) in [6, 6.07) is 12.9. The minimum Gasteiger partial charge on any atom is -0.473 e. The number of hydrogen-bond donors (Lipinski definition) is 2. The van der Waals surface area contributed by atoms with Crippen LogP contribution in [0, 0.1) is 25.5 Å². The van der Waals surface area contributed by atoms with Crippen LogP contribution < -0.4 is 15.8 Å². The second-order valence-corrected chi connectivity index (χ2v) is 8.95. The van der Waals surface area contributed by atoms with E-state index in [-0.39, 0.29) is 24.1 Å². The third-order valence-corrected chi connectivity index (χ3v) is 6.52. The zero-order valence-corrected chi connectivity index (χ0v) is 19.6. The number of rotatable bonds is 5. The van der Waals surface area contributed by atoms with Crippen molar-refractivity contribution >= 4 is 17.1 Å². The van der Waals surface area contributed by atoms with Crippen molar-refractivity contribution in [1.29, 1.82) is 0 Å². The van der Waals surface area contributed by atoms with Gasteiger partial charge in [-0.05, 0) is 74.1 Å². The van der Waals surface area contributed by atoms with Crippen LogP contribution in [0.25, 0.3) is 5.52 Å². The van der Waals surface area contributed by atoms with Gasteiger partial charge in [0.25, 0.3) is 5.91 Å². The van der Waals surface area contributed by atoms with Gasteiger partial charge >= 0.3 is 0 Å². The summed E-state index contributed by atoms with van der Waals surface area (Å²) in [4.78, 5) is 13.5. The van der Waals surface area contributed by atoms with Crippen molar-refractivity contribution in [2.75, 3.05) is 5.73 Å². The third-order valence-electron chi connectivity index (χ3n) is 6.52. The minimum atomic E-state index is -0.681.